The lowest BCUT2D eigenvalue weighted by atomic mass is 10.1. The molecule has 5 heteroatoms. The standard InChI is InChI=1S/C11H8N4O/c16-11-8-6-13-15-10(8)5-9(14-11)7-1-3-12-4-2-7/h1-6H,(H,13,15)(H,14,16). The molecule has 0 saturated carbocycles. The Kier molecular flexibility index (Phi) is 1.83. The molecule has 0 aliphatic carbocycles. The summed E-state index contributed by atoms with van der Waals surface area (Å²) in [6.45, 7) is 0. The molecule has 3 rings (SSSR count). The first-order valence-electron chi connectivity index (χ1n) is 4.81. The van der Waals surface area contributed by atoms with Crippen molar-refractivity contribution in [1.29, 1.82) is 0 Å². The lowest BCUT2D eigenvalue weighted by molar-refractivity contribution is 1.12. The molecule has 0 atom stereocenters. The number of hydrogen-bond donors (Lipinski definition) is 2. The topological polar surface area (TPSA) is 74.4 Å². The molecule has 16 heavy (non-hydrogen) atoms. The maximum absolute atomic E-state index is 11.7. The van der Waals surface area contributed by atoms with Crippen LogP contribution in [0.25, 0.3) is 22.2 Å². The predicted octanol–water partition coefficient (Wildman–Crippen LogP) is 1.31. The van der Waals surface area contributed by atoms with Gasteiger partial charge in [0.15, 0.2) is 0 Å². The van der Waals surface area contributed by atoms with Gasteiger partial charge in [0.2, 0.25) is 0 Å². The molecule has 5 nitrogen and oxygen atoms in total. The van der Waals surface area contributed by atoms with Crippen LogP contribution in [0.2, 0.25) is 0 Å². The Morgan fingerprint density at radius 1 is 1.19 bits per heavy atom. The number of aromatic amines is 2. The number of hydrogen-bond acceptors (Lipinski definition) is 3. The van der Waals surface area contributed by atoms with Crippen molar-refractivity contribution in [3.05, 3.63) is 47.1 Å². The second-order valence-electron chi connectivity index (χ2n) is 3.45. The Morgan fingerprint density at radius 2 is 2.00 bits per heavy atom. The fourth-order valence-corrected chi connectivity index (χ4v) is 1.64. The monoisotopic (exact) mass is 212 g/mol. The van der Waals surface area contributed by atoms with E-state index in [0.29, 0.717) is 5.39 Å². The van der Waals surface area contributed by atoms with Gasteiger partial charge in [0.1, 0.15) is 0 Å². The summed E-state index contributed by atoms with van der Waals surface area (Å²) in [5.41, 5.74) is 2.27. The Balaban J connectivity index is 2.30. The number of nitrogens with zero attached hydrogens (tertiary/aromatic N) is 2. The summed E-state index contributed by atoms with van der Waals surface area (Å²) < 4.78 is 0. The van der Waals surface area contributed by atoms with E-state index in [1.807, 2.05) is 18.2 Å². The maximum Gasteiger partial charge on any atom is 0.259 e. The SMILES string of the molecule is O=c1[nH]c(-c2ccncc2)cc2[nH]ncc12. The van der Waals surface area contributed by atoms with E-state index in [-0.39, 0.29) is 5.56 Å². The second kappa shape index (κ2) is 3.30. The van der Waals surface area contributed by atoms with Crippen molar-refractivity contribution in [3.8, 4) is 11.3 Å². The van der Waals surface area contributed by atoms with E-state index in [2.05, 4.69) is 20.2 Å². The molecular formula is C11H8N4O. The zero-order valence-electron chi connectivity index (χ0n) is 8.27. The van der Waals surface area contributed by atoms with Gasteiger partial charge >= 0.3 is 0 Å². The highest BCUT2D eigenvalue weighted by Gasteiger charge is 2.04. The molecular weight excluding hydrogens is 204 g/mol. The molecule has 0 aliphatic rings. The normalized spacial score (nSPS) is 10.8. The van der Waals surface area contributed by atoms with E-state index in [9.17, 15) is 4.79 Å². The van der Waals surface area contributed by atoms with Gasteiger partial charge in [-0.1, -0.05) is 0 Å². The Morgan fingerprint density at radius 3 is 2.81 bits per heavy atom. The number of pyridine rings is 2. The lowest BCUT2D eigenvalue weighted by Crippen LogP contribution is -2.05. The van der Waals surface area contributed by atoms with Gasteiger partial charge in [-0.25, -0.2) is 0 Å². The summed E-state index contributed by atoms with van der Waals surface area (Å²) in [5, 5.41) is 7.19. The Hall–Kier alpha value is -2.43. The van der Waals surface area contributed by atoms with Crippen molar-refractivity contribution in [1.82, 2.24) is 20.2 Å². The van der Waals surface area contributed by atoms with E-state index in [4.69, 9.17) is 0 Å². The van der Waals surface area contributed by atoms with Crippen LogP contribution < -0.4 is 5.56 Å². The minimum absolute atomic E-state index is 0.141. The van der Waals surface area contributed by atoms with Crippen molar-refractivity contribution >= 4 is 10.9 Å². The van der Waals surface area contributed by atoms with Gasteiger partial charge in [0, 0.05) is 18.0 Å². The van der Waals surface area contributed by atoms with E-state index < -0.39 is 0 Å². The maximum atomic E-state index is 11.7. The van der Waals surface area contributed by atoms with Gasteiger partial charge < -0.3 is 4.98 Å². The quantitative estimate of drug-likeness (QED) is 0.638. The molecule has 0 radical (unpaired) electrons. The van der Waals surface area contributed by atoms with E-state index in [1.54, 1.807) is 12.4 Å². The van der Waals surface area contributed by atoms with Crippen LogP contribution in [0.5, 0.6) is 0 Å². The highest BCUT2D eigenvalue weighted by atomic mass is 16.1. The molecule has 0 aliphatic heterocycles. The third-order valence-electron chi connectivity index (χ3n) is 2.44. The van der Waals surface area contributed by atoms with Gasteiger partial charge in [-0.05, 0) is 18.2 Å². The van der Waals surface area contributed by atoms with Crippen molar-refractivity contribution in [2.45, 2.75) is 0 Å². The van der Waals surface area contributed by atoms with Crippen molar-refractivity contribution in [3.63, 3.8) is 0 Å². The third kappa shape index (κ3) is 1.30. The zero-order chi connectivity index (χ0) is 11.0. The number of fused-ring (bicyclic) bond motifs is 1. The Bertz CT molecular complexity index is 684. The van der Waals surface area contributed by atoms with Crippen molar-refractivity contribution in [2.24, 2.45) is 0 Å². The minimum Gasteiger partial charge on any atom is -0.321 e. The largest absolute Gasteiger partial charge is 0.321 e. The van der Waals surface area contributed by atoms with Crippen LogP contribution in [0, 0.1) is 0 Å². The first-order valence-corrected chi connectivity index (χ1v) is 4.81. The summed E-state index contributed by atoms with van der Waals surface area (Å²) in [5.74, 6) is 0. The third-order valence-corrected chi connectivity index (χ3v) is 2.44. The molecule has 0 amide bonds. The average Bonchev–Trinajstić information content (AvgIpc) is 2.79. The average molecular weight is 212 g/mol. The fourth-order valence-electron chi connectivity index (χ4n) is 1.64. The zero-order valence-corrected chi connectivity index (χ0v) is 8.27. The van der Waals surface area contributed by atoms with E-state index in [1.165, 1.54) is 6.20 Å². The van der Waals surface area contributed by atoms with Crippen LogP contribution in [0.15, 0.2) is 41.6 Å². The molecule has 0 saturated heterocycles. The second-order valence-corrected chi connectivity index (χ2v) is 3.45. The van der Waals surface area contributed by atoms with Crippen molar-refractivity contribution < 1.29 is 0 Å². The molecule has 0 unspecified atom stereocenters. The van der Waals surface area contributed by atoms with Gasteiger partial charge in [0.05, 0.1) is 22.8 Å². The van der Waals surface area contributed by atoms with Gasteiger partial charge in [-0.2, -0.15) is 5.10 Å². The number of rotatable bonds is 1. The lowest BCUT2D eigenvalue weighted by Gasteiger charge is -2.00. The molecule has 3 heterocycles. The number of aromatic nitrogens is 4. The van der Waals surface area contributed by atoms with E-state index in [0.717, 1.165) is 16.8 Å². The summed E-state index contributed by atoms with van der Waals surface area (Å²) in [6, 6.07) is 5.54. The molecule has 78 valence electrons. The summed E-state index contributed by atoms with van der Waals surface area (Å²) in [6.07, 6.45) is 4.89. The molecule has 0 aromatic carbocycles. The molecule has 3 aromatic heterocycles. The highest BCUT2D eigenvalue weighted by molar-refractivity contribution is 5.80. The predicted molar refractivity (Wildman–Crippen MR) is 59.9 cm³/mol. The number of H-pyrrole nitrogens is 2. The minimum atomic E-state index is -0.141. The van der Waals surface area contributed by atoms with Gasteiger partial charge in [-0.15, -0.1) is 0 Å². The van der Waals surface area contributed by atoms with Crippen LogP contribution in [0.3, 0.4) is 0 Å². The molecule has 0 fully saturated rings. The van der Waals surface area contributed by atoms with Crippen molar-refractivity contribution in [2.75, 3.05) is 0 Å². The Labute approximate surface area is 90.2 Å². The molecule has 0 spiro atoms. The number of nitrogens with one attached hydrogen (secondary N) is 2. The smallest absolute Gasteiger partial charge is 0.259 e. The van der Waals surface area contributed by atoms with Gasteiger partial charge in [-0.3, -0.25) is 14.9 Å². The summed E-state index contributed by atoms with van der Waals surface area (Å²) >= 11 is 0. The highest BCUT2D eigenvalue weighted by Crippen LogP contribution is 2.17. The van der Waals surface area contributed by atoms with Gasteiger partial charge in [0.25, 0.3) is 5.56 Å². The fraction of sp³-hybridized carbons (Fsp3) is 0. The molecule has 3 aromatic rings. The molecule has 2 N–H and O–H groups in total. The summed E-state index contributed by atoms with van der Waals surface area (Å²) in [7, 11) is 0. The first kappa shape index (κ1) is 8.84. The van der Waals surface area contributed by atoms with Crippen LogP contribution >= 0.6 is 0 Å². The van der Waals surface area contributed by atoms with E-state index >= 15 is 0 Å². The first-order chi connectivity index (χ1) is 7.84. The van der Waals surface area contributed by atoms with Crippen LogP contribution in [-0.2, 0) is 0 Å². The summed E-state index contributed by atoms with van der Waals surface area (Å²) in [4.78, 5) is 18.4. The molecule has 0 bridgehead atoms. The van der Waals surface area contributed by atoms with Crippen LogP contribution in [0.4, 0.5) is 0 Å². The van der Waals surface area contributed by atoms with Crippen LogP contribution in [-0.4, -0.2) is 20.2 Å². The van der Waals surface area contributed by atoms with Crippen LogP contribution in [0.1, 0.15) is 0 Å².